The van der Waals surface area contributed by atoms with E-state index in [1.54, 1.807) is 0 Å². The second-order valence-electron chi connectivity index (χ2n) is 14.3. The Morgan fingerprint density at radius 3 is 1.56 bits per heavy atom. The summed E-state index contributed by atoms with van der Waals surface area (Å²) in [5.74, 6) is -9.51. The molecule has 0 aliphatic heterocycles. The molecule has 0 bridgehead atoms. The largest absolute Gasteiger partial charge is 0.480 e. The zero-order chi connectivity index (χ0) is 47.4. The van der Waals surface area contributed by atoms with Crippen LogP contribution in [0, 0.1) is 5.92 Å². The van der Waals surface area contributed by atoms with Gasteiger partial charge in [-0.25, -0.2) is 4.79 Å². The van der Waals surface area contributed by atoms with Gasteiger partial charge in [-0.1, -0.05) is 13.8 Å². The van der Waals surface area contributed by atoms with Crippen LogP contribution in [0.2, 0.25) is 0 Å². The zero-order valence-corrected chi connectivity index (χ0v) is 35.8. The second-order valence-corrected chi connectivity index (χ2v) is 14.7. The number of nitrogens with zero attached hydrogens (tertiary/aromatic N) is 1. The summed E-state index contributed by atoms with van der Waals surface area (Å²) in [6, 6.07) is -7.86. The topological polar surface area (TPSA) is 450 Å². The number of rotatable bonds is 32. The molecule has 0 saturated carbocycles. The number of carboxylic acids is 1. The molecule has 26 nitrogen and oxygen atoms in total. The predicted octanol–water partition coefficient (Wildman–Crippen LogP) is -7.41. The Morgan fingerprint density at radius 1 is 0.613 bits per heavy atom. The van der Waals surface area contributed by atoms with Gasteiger partial charge >= 0.3 is 5.97 Å². The standard InChI is InChI=1S/C35H64N14O12S/c1-18(2)12-19(37)29(55)46-20(6-3-4-10-36)31(57)47-21(7-5-11-41-35(39)40)32(58)48-22(8-9-25(38)51)33(59)49-24(17-62)30(56)44-14-27(53)42-13-26(52)43-15-28(54)45-23(16-50)34(60)61/h18-24,50,62H,3-17,36-37H2,1-2H3,(H2,38,51)(H,42,53)(H,43,52)(H,44,56)(H,45,54)(H,46,55)(H,47,57)(H,48,58)(H,49,59)(H,60,61)(H4,39,40,41)/t19-,20-,21-,22-,23-,24-/m0/s1. The van der Waals surface area contributed by atoms with Crippen LogP contribution in [0.5, 0.6) is 0 Å². The molecule has 0 radical (unpaired) electrons. The lowest BCUT2D eigenvalue weighted by Gasteiger charge is -2.27. The number of carbonyl (C=O) groups excluding carboxylic acids is 9. The number of aliphatic hydroxyl groups excluding tert-OH is 1. The van der Waals surface area contributed by atoms with Crippen LogP contribution in [0.3, 0.4) is 0 Å². The molecule has 0 rings (SSSR count). The summed E-state index contributed by atoms with van der Waals surface area (Å²) in [5.41, 5.74) is 27.8. The fourth-order valence-electron chi connectivity index (χ4n) is 5.20. The van der Waals surface area contributed by atoms with E-state index >= 15 is 0 Å². The van der Waals surface area contributed by atoms with Gasteiger partial charge in [0.15, 0.2) is 5.96 Å². The summed E-state index contributed by atoms with van der Waals surface area (Å²) >= 11 is 4.09. The molecule has 20 N–H and O–H groups in total. The lowest BCUT2D eigenvalue weighted by Crippen LogP contribution is -2.59. The number of unbranched alkanes of at least 4 members (excludes halogenated alkanes) is 1. The summed E-state index contributed by atoms with van der Waals surface area (Å²) in [6.07, 6.45) is 0.837. The Morgan fingerprint density at radius 2 is 1.10 bits per heavy atom. The van der Waals surface area contributed by atoms with E-state index in [9.17, 15) is 47.9 Å². The Hall–Kier alpha value is -5.80. The fourth-order valence-corrected chi connectivity index (χ4v) is 5.46. The van der Waals surface area contributed by atoms with Gasteiger partial charge in [0.1, 0.15) is 30.2 Å². The molecule has 0 aliphatic rings. The minimum Gasteiger partial charge on any atom is -0.480 e. The molecule has 0 fully saturated rings. The van der Waals surface area contributed by atoms with Gasteiger partial charge in [-0.05, 0) is 57.4 Å². The van der Waals surface area contributed by atoms with Crippen molar-refractivity contribution in [3.8, 4) is 0 Å². The van der Waals surface area contributed by atoms with Crippen molar-refractivity contribution in [2.45, 2.75) is 101 Å². The third kappa shape index (κ3) is 25.1. The van der Waals surface area contributed by atoms with Gasteiger partial charge in [0.05, 0.1) is 32.3 Å². The van der Waals surface area contributed by atoms with E-state index in [0.717, 1.165) is 0 Å². The number of guanidine groups is 1. The maximum atomic E-state index is 13.8. The molecule has 0 aromatic heterocycles. The van der Waals surface area contributed by atoms with Crippen molar-refractivity contribution in [2.24, 2.45) is 39.6 Å². The molecule has 0 heterocycles. The number of hydrogen-bond donors (Lipinski definition) is 16. The first-order valence-corrected chi connectivity index (χ1v) is 20.3. The first-order chi connectivity index (χ1) is 29.1. The lowest BCUT2D eigenvalue weighted by atomic mass is 10.0. The highest BCUT2D eigenvalue weighted by molar-refractivity contribution is 7.80. The van der Waals surface area contributed by atoms with Crippen molar-refractivity contribution in [3.05, 3.63) is 0 Å². The van der Waals surface area contributed by atoms with Crippen molar-refractivity contribution >= 4 is 77.7 Å². The molecule has 0 saturated heterocycles. The lowest BCUT2D eigenvalue weighted by molar-refractivity contribution is -0.142. The van der Waals surface area contributed by atoms with Crippen LogP contribution in [0.25, 0.3) is 0 Å². The third-order valence-electron chi connectivity index (χ3n) is 8.48. The number of hydrogen-bond acceptors (Lipinski definition) is 15. The molecule has 0 spiro atoms. The number of nitrogens with two attached hydrogens (primary N) is 5. The van der Waals surface area contributed by atoms with Crippen molar-refractivity contribution in [3.63, 3.8) is 0 Å². The Bertz CT molecular complexity index is 1570. The van der Waals surface area contributed by atoms with Crippen LogP contribution in [0.4, 0.5) is 0 Å². The van der Waals surface area contributed by atoms with Gasteiger partial charge in [-0.2, -0.15) is 12.6 Å². The van der Waals surface area contributed by atoms with Crippen LogP contribution < -0.4 is 71.2 Å². The van der Waals surface area contributed by atoms with Crippen molar-refractivity contribution < 1.29 is 58.2 Å². The summed E-state index contributed by atoms with van der Waals surface area (Å²) in [6.45, 7) is 1.24. The normalized spacial score (nSPS) is 13.7. The molecule has 0 aromatic rings. The molecule has 6 atom stereocenters. The number of thiol groups is 1. The molecule has 62 heavy (non-hydrogen) atoms. The van der Waals surface area contributed by atoms with E-state index in [1.807, 2.05) is 19.2 Å². The van der Waals surface area contributed by atoms with E-state index in [1.165, 1.54) is 0 Å². The van der Waals surface area contributed by atoms with E-state index in [0.29, 0.717) is 25.8 Å². The summed E-state index contributed by atoms with van der Waals surface area (Å²) in [7, 11) is 0. The van der Waals surface area contributed by atoms with Crippen molar-refractivity contribution in [2.75, 3.05) is 45.1 Å². The molecule has 0 aromatic carbocycles. The Kier molecular flexibility index (Phi) is 28.2. The van der Waals surface area contributed by atoms with Crippen LogP contribution in [-0.4, -0.2) is 157 Å². The molecular weight excluding hydrogens is 841 g/mol. The minimum atomic E-state index is -1.59. The average Bonchev–Trinajstić information content (AvgIpc) is 3.20. The number of amides is 9. The number of aliphatic imine (C=N–C) groups is 1. The average molecular weight is 905 g/mol. The summed E-state index contributed by atoms with van der Waals surface area (Å²) < 4.78 is 0. The molecule has 0 unspecified atom stereocenters. The van der Waals surface area contributed by atoms with Crippen LogP contribution in [0.15, 0.2) is 4.99 Å². The number of aliphatic carboxylic acids is 1. The second kappa shape index (κ2) is 31.1. The van der Waals surface area contributed by atoms with Crippen molar-refractivity contribution in [1.29, 1.82) is 0 Å². The number of aliphatic hydroxyl groups is 1. The molecule has 27 heteroatoms. The predicted molar refractivity (Wildman–Crippen MR) is 226 cm³/mol. The summed E-state index contributed by atoms with van der Waals surface area (Å²) in [5, 5.41) is 36.4. The first-order valence-electron chi connectivity index (χ1n) is 19.7. The van der Waals surface area contributed by atoms with E-state index in [4.69, 9.17) is 38.9 Å². The van der Waals surface area contributed by atoms with Crippen LogP contribution in [-0.2, 0) is 47.9 Å². The van der Waals surface area contributed by atoms with E-state index < -0.39 is 128 Å². The number of nitrogens with one attached hydrogen (secondary N) is 8. The Balaban J connectivity index is 5.84. The highest BCUT2D eigenvalue weighted by Crippen LogP contribution is 2.09. The van der Waals surface area contributed by atoms with Gasteiger partial charge in [0, 0.05) is 18.7 Å². The van der Waals surface area contributed by atoms with Gasteiger partial charge in [0.25, 0.3) is 0 Å². The maximum absolute atomic E-state index is 13.8. The maximum Gasteiger partial charge on any atom is 0.328 e. The minimum absolute atomic E-state index is 0.0552. The number of primary amides is 1. The highest BCUT2D eigenvalue weighted by atomic mass is 32.1. The van der Waals surface area contributed by atoms with Gasteiger partial charge < -0.3 is 81.4 Å². The van der Waals surface area contributed by atoms with E-state index in [-0.39, 0.29) is 49.9 Å². The molecule has 0 aliphatic carbocycles. The van der Waals surface area contributed by atoms with Gasteiger partial charge in [0.2, 0.25) is 53.2 Å². The first kappa shape index (κ1) is 56.2. The van der Waals surface area contributed by atoms with Crippen molar-refractivity contribution in [1.82, 2.24) is 42.5 Å². The van der Waals surface area contributed by atoms with E-state index in [2.05, 4.69) is 54.8 Å². The molecule has 9 amide bonds. The Labute approximate surface area is 363 Å². The van der Waals surface area contributed by atoms with Crippen LogP contribution in [0.1, 0.15) is 65.2 Å². The summed E-state index contributed by atoms with van der Waals surface area (Å²) in [4.78, 5) is 129. The fraction of sp³-hybridized carbons (Fsp3) is 0.686. The number of carboxylic acid groups (broad SMARTS) is 1. The number of carbonyl (C=O) groups is 10. The monoisotopic (exact) mass is 904 g/mol. The molecular formula is C35H64N14O12S. The highest BCUT2D eigenvalue weighted by Gasteiger charge is 2.32. The quantitative estimate of drug-likeness (QED) is 0.0129. The van der Waals surface area contributed by atoms with Gasteiger partial charge in [-0.3, -0.25) is 48.1 Å². The van der Waals surface area contributed by atoms with Crippen LogP contribution >= 0.6 is 12.6 Å². The smallest absolute Gasteiger partial charge is 0.328 e. The third-order valence-corrected chi connectivity index (χ3v) is 8.84. The molecule has 352 valence electrons. The zero-order valence-electron chi connectivity index (χ0n) is 34.9. The SMILES string of the molecule is CC(C)C[C@H](N)C(=O)N[C@@H](CCCCN)C(=O)N[C@@H](CCCN=C(N)N)C(=O)N[C@@H](CCC(N)=O)C(=O)N[C@@H](CS)C(=O)NCC(=O)NCC(=O)NCC(=O)N[C@@H](CO)C(=O)O. The van der Waals surface area contributed by atoms with Gasteiger partial charge in [-0.15, -0.1) is 0 Å².